The van der Waals surface area contributed by atoms with Gasteiger partial charge in [-0.2, -0.15) is 0 Å². The van der Waals surface area contributed by atoms with Crippen molar-refractivity contribution in [2.24, 2.45) is 0 Å². The van der Waals surface area contributed by atoms with Crippen LogP contribution in [-0.4, -0.2) is 35.9 Å². The topological polar surface area (TPSA) is 86.7 Å². The van der Waals surface area contributed by atoms with Crippen molar-refractivity contribution in [1.82, 2.24) is 20.2 Å². The largest absolute Gasteiger partial charge is 0.399 e. The molecule has 0 radical (unpaired) electrons. The minimum absolute atomic E-state index is 0.120. The van der Waals surface area contributed by atoms with Gasteiger partial charge in [-0.25, -0.2) is 4.68 Å². The lowest BCUT2D eigenvalue weighted by Crippen LogP contribution is -2.14. The highest BCUT2D eigenvalue weighted by Gasteiger charge is 2.12. The number of nitrogens with two attached hydrogens (primary N) is 1. The molecule has 0 amide bonds. The maximum absolute atomic E-state index is 11.4. The van der Waals surface area contributed by atoms with Gasteiger partial charge in [-0.3, -0.25) is 4.21 Å². The number of hydrogen-bond donors (Lipinski definition) is 1. The van der Waals surface area contributed by atoms with E-state index in [-0.39, 0.29) is 5.25 Å². The molecule has 0 aliphatic heterocycles. The van der Waals surface area contributed by atoms with Gasteiger partial charge >= 0.3 is 0 Å². The molecule has 6 nitrogen and oxygen atoms in total. The summed E-state index contributed by atoms with van der Waals surface area (Å²) in [4.78, 5) is 0. The molecule has 2 unspecified atom stereocenters. The molecular weight excluding hydrogens is 274 g/mol. The average Bonchev–Trinajstić information content (AvgIpc) is 2.82. The van der Waals surface area contributed by atoms with Crippen LogP contribution in [0.25, 0.3) is 11.4 Å². The molecule has 1 aromatic carbocycles. The molecule has 1 heterocycles. The van der Waals surface area contributed by atoms with E-state index in [0.29, 0.717) is 18.1 Å². The van der Waals surface area contributed by atoms with Gasteiger partial charge in [-0.1, -0.05) is 6.92 Å². The molecule has 0 aliphatic rings. The normalized spacial score (nSPS) is 14.2. The van der Waals surface area contributed by atoms with Gasteiger partial charge < -0.3 is 5.73 Å². The zero-order valence-corrected chi connectivity index (χ0v) is 12.7. The number of nitrogens with zero attached hydrogens (tertiary/aromatic N) is 4. The third-order valence-electron chi connectivity index (χ3n) is 3.20. The van der Waals surface area contributed by atoms with Crippen molar-refractivity contribution >= 4 is 16.5 Å². The predicted octanol–water partition coefficient (Wildman–Crippen LogP) is 1.39. The number of tetrazole rings is 1. The van der Waals surface area contributed by atoms with Crippen molar-refractivity contribution < 1.29 is 4.21 Å². The molecule has 0 saturated heterocycles. The van der Waals surface area contributed by atoms with Crippen LogP contribution in [0.4, 0.5) is 5.69 Å². The van der Waals surface area contributed by atoms with Crippen molar-refractivity contribution in [1.29, 1.82) is 0 Å². The SMILES string of the molecule is Cc1cc(N)cc(-c2nnnn2CCC(C)S(C)=O)c1. The van der Waals surface area contributed by atoms with Crippen LogP contribution in [0.5, 0.6) is 0 Å². The Morgan fingerprint density at radius 1 is 1.40 bits per heavy atom. The van der Waals surface area contributed by atoms with E-state index in [4.69, 9.17) is 5.73 Å². The lowest BCUT2D eigenvalue weighted by Gasteiger charge is -2.09. The number of rotatable bonds is 5. The highest BCUT2D eigenvalue weighted by Crippen LogP contribution is 2.21. The van der Waals surface area contributed by atoms with E-state index in [2.05, 4.69) is 15.5 Å². The Hall–Kier alpha value is -1.76. The number of anilines is 1. The fourth-order valence-electron chi connectivity index (χ4n) is 1.97. The Morgan fingerprint density at radius 3 is 2.80 bits per heavy atom. The van der Waals surface area contributed by atoms with Crippen molar-refractivity contribution in [2.45, 2.75) is 32.1 Å². The maximum atomic E-state index is 11.4. The highest BCUT2D eigenvalue weighted by atomic mass is 32.2. The van der Waals surface area contributed by atoms with Crippen molar-refractivity contribution in [2.75, 3.05) is 12.0 Å². The van der Waals surface area contributed by atoms with E-state index in [1.54, 1.807) is 10.9 Å². The highest BCUT2D eigenvalue weighted by molar-refractivity contribution is 7.84. The molecule has 2 rings (SSSR count). The standard InChI is InChI=1S/C13H19N5OS/c1-9-6-11(8-12(14)7-9)13-15-16-17-18(13)5-4-10(2)20(3)19/h6-8,10H,4-5,14H2,1-3H3. The minimum Gasteiger partial charge on any atom is -0.399 e. The van der Waals surface area contributed by atoms with Gasteiger partial charge in [0.05, 0.1) is 0 Å². The molecule has 2 aromatic rings. The lowest BCUT2D eigenvalue weighted by molar-refractivity contribution is 0.556. The Bertz CT molecular complexity index is 605. The summed E-state index contributed by atoms with van der Waals surface area (Å²) in [7, 11) is -0.832. The monoisotopic (exact) mass is 293 g/mol. The summed E-state index contributed by atoms with van der Waals surface area (Å²) in [5, 5.41) is 11.9. The Balaban J connectivity index is 2.22. The molecule has 0 bridgehead atoms. The first kappa shape index (κ1) is 14.6. The van der Waals surface area contributed by atoms with Gasteiger partial charge in [0.15, 0.2) is 5.82 Å². The Labute approximate surface area is 120 Å². The average molecular weight is 293 g/mol. The predicted molar refractivity (Wildman–Crippen MR) is 80.5 cm³/mol. The number of aromatic nitrogens is 4. The van der Waals surface area contributed by atoms with Crippen LogP contribution < -0.4 is 5.73 Å². The molecule has 0 saturated carbocycles. The van der Waals surface area contributed by atoms with E-state index in [0.717, 1.165) is 17.5 Å². The Morgan fingerprint density at radius 2 is 2.15 bits per heavy atom. The molecular formula is C13H19N5OS. The summed E-state index contributed by atoms with van der Waals surface area (Å²) in [6.45, 7) is 4.58. The van der Waals surface area contributed by atoms with Crippen molar-refractivity contribution in [3.05, 3.63) is 23.8 Å². The van der Waals surface area contributed by atoms with Crippen LogP contribution >= 0.6 is 0 Å². The first-order valence-electron chi connectivity index (χ1n) is 6.43. The zero-order chi connectivity index (χ0) is 14.7. The van der Waals surface area contributed by atoms with Crippen LogP contribution in [0.2, 0.25) is 0 Å². The van der Waals surface area contributed by atoms with E-state index in [1.807, 2.05) is 32.0 Å². The van der Waals surface area contributed by atoms with Crippen LogP contribution in [0.3, 0.4) is 0 Å². The molecule has 0 fully saturated rings. The quantitative estimate of drug-likeness (QED) is 0.842. The first-order valence-corrected chi connectivity index (χ1v) is 8.05. The van der Waals surface area contributed by atoms with Crippen molar-refractivity contribution in [3.63, 3.8) is 0 Å². The second-order valence-electron chi connectivity index (χ2n) is 4.96. The van der Waals surface area contributed by atoms with Gasteiger partial charge in [0.1, 0.15) is 0 Å². The van der Waals surface area contributed by atoms with Crippen LogP contribution in [0, 0.1) is 6.92 Å². The summed E-state index contributed by atoms with van der Waals surface area (Å²) < 4.78 is 13.1. The summed E-state index contributed by atoms with van der Waals surface area (Å²) in [6, 6.07) is 5.76. The zero-order valence-electron chi connectivity index (χ0n) is 11.9. The molecule has 20 heavy (non-hydrogen) atoms. The number of nitrogen functional groups attached to an aromatic ring is 1. The van der Waals surface area contributed by atoms with E-state index in [9.17, 15) is 4.21 Å². The van der Waals surface area contributed by atoms with Gasteiger partial charge in [0.25, 0.3) is 0 Å². The van der Waals surface area contributed by atoms with E-state index >= 15 is 0 Å². The molecule has 0 aliphatic carbocycles. The van der Waals surface area contributed by atoms with Crippen LogP contribution in [-0.2, 0) is 17.3 Å². The lowest BCUT2D eigenvalue weighted by atomic mass is 10.1. The number of benzene rings is 1. The Kier molecular flexibility index (Phi) is 4.49. The molecule has 108 valence electrons. The summed E-state index contributed by atoms with van der Waals surface area (Å²) in [5.41, 5.74) is 8.52. The third-order valence-corrected chi connectivity index (χ3v) is 4.57. The fraction of sp³-hybridized carbons (Fsp3) is 0.462. The maximum Gasteiger partial charge on any atom is 0.182 e. The molecule has 0 spiro atoms. The van der Waals surface area contributed by atoms with Gasteiger partial charge in [0.2, 0.25) is 0 Å². The second-order valence-corrected chi connectivity index (χ2v) is 6.76. The smallest absolute Gasteiger partial charge is 0.182 e. The van der Waals surface area contributed by atoms with Crippen LogP contribution in [0.15, 0.2) is 18.2 Å². The van der Waals surface area contributed by atoms with E-state index in [1.165, 1.54) is 0 Å². The van der Waals surface area contributed by atoms with Gasteiger partial charge in [0, 0.05) is 40.1 Å². The van der Waals surface area contributed by atoms with Gasteiger partial charge in [-0.15, -0.1) is 5.10 Å². The number of aryl methyl sites for hydroxylation is 2. The summed E-state index contributed by atoms with van der Waals surface area (Å²) in [6.07, 6.45) is 2.48. The molecule has 7 heteroatoms. The van der Waals surface area contributed by atoms with Crippen molar-refractivity contribution in [3.8, 4) is 11.4 Å². The number of hydrogen-bond acceptors (Lipinski definition) is 5. The molecule has 2 N–H and O–H groups in total. The summed E-state index contributed by atoms with van der Waals surface area (Å²) >= 11 is 0. The van der Waals surface area contributed by atoms with Crippen LogP contribution in [0.1, 0.15) is 18.9 Å². The minimum atomic E-state index is -0.832. The molecule has 2 atom stereocenters. The summed E-state index contributed by atoms with van der Waals surface area (Å²) in [5.74, 6) is 0.689. The first-order chi connectivity index (χ1) is 9.47. The fourth-order valence-corrected chi connectivity index (χ4v) is 2.41. The van der Waals surface area contributed by atoms with Gasteiger partial charge in [-0.05, 0) is 47.5 Å². The van der Waals surface area contributed by atoms with E-state index < -0.39 is 10.8 Å². The second kappa shape index (κ2) is 6.13. The third kappa shape index (κ3) is 3.41. The molecule has 1 aromatic heterocycles.